The van der Waals surface area contributed by atoms with Gasteiger partial charge in [0.15, 0.2) is 0 Å². The number of morpholine rings is 1. The highest BCUT2D eigenvalue weighted by Crippen LogP contribution is 2.39. The maximum atomic E-state index is 11.2. The molecule has 0 bridgehead atoms. The van der Waals surface area contributed by atoms with Gasteiger partial charge in [-0.3, -0.25) is 4.79 Å². The molecule has 0 amide bonds. The van der Waals surface area contributed by atoms with Crippen molar-refractivity contribution in [2.24, 2.45) is 5.92 Å². The van der Waals surface area contributed by atoms with E-state index in [1.54, 1.807) is 0 Å². The molecule has 1 aliphatic carbocycles. The number of hydrogen-bond acceptors (Lipinski definition) is 6. The Bertz CT molecular complexity index is 456. The van der Waals surface area contributed by atoms with Crippen LogP contribution in [0.3, 0.4) is 0 Å². The van der Waals surface area contributed by atoms with Gasteiger partial charge in [0.05, 0.1) is 25.0 Å². The fraction of sp³-hybridized carbons (Fsp3) is 0.750. The first-order valence-electron chi connectivity index (χ1n) is 6.65. The predicted molar refractivity (Wildman–Crippen MR) is 65.0 cm³/mol. The molecule has 19 heavy (non-hydrogen) atoms. The average Bonchev–Trinajstić information content (AvgIpc) is 3.08. The van der Waals surface area contributed by atoms with E-state index in [0.29, 0.717) is 31.5 Å². The van der Waals surface area contributed by atoms with Crippen LogP contribution in [0.4, 0.5) is 5.95 Å². The van der Waals surface area contributed by atoms with Gasteiger partial charge in [0.2, 0.25) is 5.89 Å². The summed E-state index contributed by atoms with van der Waals surface area (Å²) in [5.41, 5.74) is 0. The third-order valence-corrected chi connectivity index (χ3v) is 3.88. The predicted octanol–water partition coefficient (Wildman–Crippen LogP) is 0.875. The third kappa shape index (κ3) is 2.42. The molecule has 2 heterocycles. The summed E-state index contributed by atoms with van der Waals surface area (Å²) in [6.07, 6.45) is 2.40. The lowest BCUT2D eigenvalue weighted by molar-refractivity contribution is -0.142. The molecule has 104 valence electrons. The van der Waals surface area contributed by atoms with E-state index in [2.05, 4.69) is 10.1 Å². The second-order valence-corrected chi connectivity index (χ2v) is 5.01. The number of anilines is 1. The zero-order chi connectivity index (χ0) is 13.2. The summed E-state index contributed by atoms with van der Waals surface area (Å²) in [7, 11) is 0. The van der Waals surface area contributed by atoms with Gasteiger partial charge >= 0.3 is 5.97 Å². The van der Waals surface area contributed by atoms with Crippen LogP contribution in [0.5, 0.6) is 0 Å². The molecule has 1 saturated carbocycles. The summed E-state index contributed by atoms with van der Waals surface area (Å²) < 4.78 is 10.5. The highest BCUT2D eigenvalue weighted by molar-refractivity contribution is 5.71. The second kappa shape index (κ2) is 5.16. The molecule has 2 fully saturated rings. The van der Waals surface area contributed by atoms with Crippen LogP contribution in [0.1, 0.15) is 31.1 Å². The molecule has 1 saturated heterocycles. The van der Waals surface area contributed by atoms with Crippen LogP contribution in [0, 0.1) is 5.92 Å². The normalized spacial score (nSPS) is 27.7. The topological polar surface area (TPSA) is 88.7 Å². The molecule has 7 nitrogen and oxygen atoms in total. The molecule has 1 aromatic heterocycles. The van der Waals surface area contributed by atoms with Gasteiger partial charge in [0.25, 0.3) is 5.95 Å². The van der Waals surface area contributed by atoms with E-state index < -0.39 is 11.9 Å². The maximum Gasteiger partial charge on any atom is 0.307 e. The van der Waals surface area contributed by atoms with Gasteiger partial charge in [-0.15, -0.1) is 0 Å². The highest BCUT2D eigenvalue weighted by atomic mass is 16.5. The molecule has 1 aromatic rings. The number of carbonyl (C=O) groups is 1. The van der Waals surface area contributed by atoms with Crippen molar-refractivity contribution in [2.45, 2.75) is 25.2 Å². The van der Waals surface area contributed by atoms with Crippen LogP contribution < -0.4 is 4.90 Å². The fourth-order valence-corrected chi connectivity index (χ4v) is 2.82. The summed E-state index contributed by atoms with van der Waals surface area (Å²) in [6, 6.07) is 0. The van der Waals surface area contributed by atoms with Gasteiger partial charge in [-0.2, -0.15) is 4.98 Å². The van der Waals surface area contributed by atoms with Gasteiger partial charge in [-0.1, -0.05) is 6.42 Å². The standard InChI is InChI=1S/C12H17N3O4/c16-11(17)9-3-1-2-8(9)10-13-12(14-19-10)15-4-6-18-7-5-15/h8-9H,1-7H2,(H,16,17). The molecule has 1 aliphatic heterocycles. The average molecular weight is 267 g/mol. The molecular formula is C12H17N3O4. The van der Waals surface area contributed by atoms with Crippen LogP contribution in [0.25, 0.3) is 0 Å². The van der Waals surface area contributed by atoms with E-state index in [0.717, 1.165) is 25.9 Å². The van der Waals surface area contributed by atoms with Crippen molar-refractivity contribution in [2.75, 3.05) is 31.2 Å². The van der Waals surface area contributed by atoms with E-state index in [1.165, 1.54) is 0 Å². The first kappa shape index (κ1) is 12.4. The number of aliphatic carboxylic acids is 1. The number of ether oxygens (including phenoxy) is 1. The van der Waals surface area contributed by atoms with Crippen LogP contribution in [-0.4, -0.2) is 47.5 Å². The Labute approximate surface area is 110 Å². The number of rotatable bonds is 3. The number of nitrogens with zero attached hydrogens (tertiary/aromatic N) is 3. The number of carboxylic acids is 1. The summed E-state index contributed by atoms with van der Waals surface area (Å²) >= 11 is 0. The van der Waals surface area contributed by atoms with E-state index in [9.17, 15) is 9.90 Å². The smallest absolute Gasteiger partial charge is 0.307 e. The van der Waals surface area contributed by atoms with Crippen LogP contribution in [0.15, 0.2) is 4.52 Å². The molecule has 1 N–H and O–H groups in total. The van der Waals surface area contributed by atoms with E-state index in [4.69, 9.17) is 9.26 Å². The Hall–Kier alpha value is -1.63. The largest absolute Gasteiger partial charge is 0.481 e. The first-order valence-corrected chi connectivity index (χ1v) is 6.65. The zero-order valence-electron chi connectivity index (χ0n) is 10.6. The minimum Gasteiger partial charge on any atom is -0.481 e. The SMILES string of the molecule is O=C(O)C1CCCC1c1nc(N2CCOCC2)no1. The Morgan fingerprint density at radius 3 is 2.84 bits per heavy atom. The minimum absolute atomic E-state index is 0.139. The van der Waals surface area contributed by atoms with Crippen molar-refractivity contribution in [3.8, 4) is 0 Å². The van der Waals surface area contributed by atoms with Crippen LogP contribution >= 0.6 is 0 Å². The van der Waals surface area contributed by atoms with Crippen molar-refractivity contribution in [3.05, 3.63) is 5.89 Å². The summed E-state index contributed by atoms with van der Waals surface area (Å²) in [5.74, 6) is -0.285. The summed E-state index contributed by atoms with van der Waals surface area (Å²) in [4.78, 5) is 17.6. The lowest BCUT2D eigenvalue weighted by Crippen LogP contribution is -2.36. The summed E-state index contributed by atoms with van der Waals surface area (Å²) in [5, 5.41) is 13.2. The lowest BCUT2D eigenvalue weighted by atomic mass is 9.96. The molecule has 2 atom stereocenters. The third-order valence-electron chi connectivity index (χ3n) is 3.88. The lowest BCUT2D eigenvalue weighted by Gasteiger charge is -2.24. The van der Waals surface area contributed by atoms with Crippen molar-refractivity contribution >= 4 is 11.9 Å². The quantitative estimate of drug-likeness (QED) is 0.869. The van der Waals surface area contributed by atoms with Crippen molar-refractivity contribution in [1.29, 1.82) is 0 Å². The first-order chi connectivity index (χ1) is 9.25. The van der Waals surface area contributed by atoms with E-state index >= 15 is 0 Å². The van der Waals surface area contributed by atoms with Crippen LogP contribution in [-0.2, 0) is 9.53 Å². The Morgan fingerprint density at radius 1 is 1.32 bits per heavy atom. The molecule has 2 aliphatic rings. The Balaban J connectivity index is 1.75. The van der Waals surface area contributed by atoms with Gasteiger partial charge in [-0.25, -0.2) is 0 Å². The molecule has 7 heteroatoms. The molecule has 0 spiro atoms. The molecule has 0 radical (unpaired) electrons. The van der Waals surface area contributed by atoms with Gasteiger partial charge in [-0.05, 0) is 18.0 Å². The van der Waals surface area contributed by atoms with Gasteiger partial charge < -0.3 is 19.3 Å². The molecule has 2 unspecified atom stereocenters. The fourth-order valence-electron chi connectivity index (χ4n) is 2.82. The molecule has 3 rings (SSSR count). The number of hydrogen-bond donors (Lipinski definition) is 1. The monoisotopic (exact) mass is 267 g/mol. The van der Waals surface area contributed by atoms with Crippen molar-refractivity contribution in [3.63, 3.8) is 0 Å². The van der Waals surface area contributed by atoms with Crippen molar-refractivity contribution in [1.82, 2.24) is 10.1 Å². The molecule has 0 aromatic carbocycles. The van der Waals surface area contributed by atoms with Gasteiger partial charge in [0, 0.05) is 13.1 Å². The van der Waals surface area contributed by atoms with E-state index in [-0.39, 0.29) is 5.92 Å². The molecular weight excluding hydrogens is 250 g/mol. The summed E-state index contributed by atoms with van der Waals surface area (Å²) in [6.45, 7) is 2.80. The van der Waals surface area contributed by atoms with E-state index in [1.807, 2.05) is 4.90 Å². The maximum absolute atomic E-state index is 11.2. The minimum atomic E-state index is -0.770. The zero-order valence-corrected chi connectivity index (χ0v) is 10.6. The Kier molecular flexibility index (Phi) is 3.37. The highest BCUT2D eigenvalue weighted by Gasteiger charge is 2.38. The number of aromatic nitrogens is 2. The number of carboxylic acid groups (broad SMARTS) is 1. The van der Waals surface area contributed by atoms with Crippen molar-refractivity contribution < 1.29 is 19.2 Å². The second-order valence-electron chi connectivity index (χ2n) is 5.01. The van der Waals surface area contributed by atoms with Crippen LogP contribution in [0.2, 0.25) is 0 Å². The van der Waals surface area contributed by atoms with Gasteiger partial charge in [0.1, 0.15) is 0 Å². The Morgan fingerprint density at radius 2 is 2.11 bits per heavy atom.